The summed E-state index contributed by atoms with van der Waals surface area (Å²) in [5, 5.41) is 1.03. The van der Waals surface area contributed by atoms with Crippen LogP contribution in [0.2, 0.25) is 0 Å². The molecule has 3 aromatic rings. The molecule has 9 heteroatoms. The van der Waals surface area contributed by atoms with Gasteiger partial charge in [-0.2, -0.15) is 0 Å². The Hall–Kier alpha value is -3.11. The van der Waals surface area contributed by atoms with Crippen LogP contribution in [0.4, 0.5) is 0 Å². The van der Waals surface area contributed by atoms with Gasteiger partial charge in [0.1, 0.15) is 11.9 Å². The van der Waals surface area contributed by atoms with Gasteiger partial charge < -0.3 is 14.4 Å². The number of ether oxygens (including phenoxy) is 2. The molecule has 0 saturated carbocycles. The molecular weight excluding hydrogens is 468 g/mol. The highest BCUT2D eigenvalue weighted by atomic mass is 16.5. The maximum Gasteiger partial charge on any atom is 0.251 e. The lowest BCUT2D eigenvalue weighted by Gasteiger charge is -2.41. The molecule has 2 aromatic heterocycles. The zero-order valence-electron chi connectivity index (χ0n) is 21.4. The largest absolute Gasteiger partial charge is 0.439 e. The first-order valence-corrected chi connectivity index (χ1v) is 13.2. The number of likely N-dealkylation sites (tertiary alicyclic amines) is 1. The van der Waals surface area contributed by atoms with Gasteiger partial charge >= 0.3 is 0 Å². The molecule has 6 rings (SSSR count). The summed E-state index contributed by atoms with van der Waals surface area (Å²) in [6.07, 6.45) is 4.77. The summed E-state index contributed by atoms with van der Waals surface area (Å²) in [5.74, 6) is 1.41. The molecule has 2 bridgehead atoms. The van der Waals surface area contributed by atoms with E-state index in [0.717, 1.165) is 73.4 Å². The third kappa shape index (κ3) is 5.04. The van der Waals surface area contributed by atoms with Crippen LogP contribution in [0.15, 0.2) is 48.7 Å². The smallest absolute Gasteiger partial charge is 0.251 e. The molecule has 0 aliphatic carbocycles. The molecule has 9 nitrogen and oxygen atoms in total. The number of methoxy groups -OCH3 is 1. The van der Waals surface area contributed by atoms with Crippen LogP contribution in [-0.4, -0.2) is 70.6 Å². The molecule has 2 N–H and O–H groups in total. The third-order valence-corrected chi connectivity index (χ3v) is 7.93. The van der Waals surface area contributed by atoms with Gasteiger partial charge in [0.05, 0.1) is 11.2 Å². The molecule has 3 fully saturated rings. The summed E-state index contributed by atoms with van der Waals surface area (Å²) >= 11 is 0. The number of piperazine rings is 1. The Morgan fingerprint density at radius 1 is 1.11 bits per heavy atom. The van der Waals surface area contributed by atoms with Gasteiger partial charge in [-0.3, -0.25) is 25.5 Å². The minimum atomic E-state index is -0.385. The van der Waals surface area contributed by atoms with Crippen LogP contribution in [0, 0.1) is 0 Å². The lowest BCUT2D eigenvalue weighted by molar-refractivity contribution is -0.144. The Morgan fingerprint density at radius 3 is 2.65 bits per heavy atom. The number of pyridine rings is 2. The number of hydrogen-bond acceptors (Lipinski definition) is 8. The molecule has 1 amide bonds. The molecule has 0 spiro atoms. The van der Waals surface area contributed by atoms with E-state index in [0.29, 0.717) is 24.0 Å². The fourth-order valence-corrected chi connectivity index (χ4v) is 5.78. The Labute approximate surface area is 217 Å². The number of hydrazine groups is 1. The van der Waals surface area contributed by atoms with Gasteiger partial charge in [0.2, 0.25) is 5.88 Å². The van der Waals surface area contributed by atoms with Gasteiger partial charge in [-0.1, -0.05) is 12.1 Å². The fourth-order valence-electron chi connectivity index (χ4n) is 5.78. The standard InChI is InChI=1S/C28H34N6O3/c1-18(36-2)28(35)33-16-22-6-7-23(17-33)34(22)15-21-5-3-19-13-24(8-9-25(19)31-21)37-27-10-4-20(14-29-27)26-11-12-30-32-26/h3-5,8-10,13-14,18,22-23,26,30,32H,6-7,11-12,15-17H2,1-2H3/t18-,22?,23?,26?/m0/s1. The van der Waals surface area contributed by atoms with Crippen molar-refractivity contribution in [3.63, 3.8) is 0 Å². The Kier molecular flexibility index (Phi) is 6.77. The first-order chi connectivity index (χ1) is 18.1. The Morgan fingerprint density at radius 2 is 1.95 bits per heavy atom. The van der Waals surface area contributed by atoms with Crippen molar-refractivity contribution in [1.29, 1.82) is 0 Å². The SMILES string of the molecule is CO[C@@H](C)C(=O)N1CC2CCC(C1)N2Cc1ccc2cc(Oc3ccc(C4CCNN4)cn3)ccc2n1. The molecule has 5 heterocycles. The van der Waals surface area contributed by atoms with E-state index in [1.54, 1.807) is 7.11 Å². The second-order valence-electron chi connectivity index (χ2n) is 10.3. The van der Waals surface area contributed by atoms with E-state index in [2.05, 4.69) is 38.9 Å². The molecule has 4 atom stereocenters. The van der Waals surface area contributed by atoms with Crippen LogP contribution in [0.3, 0.4) is 0 Å². The van der Waals surface area contributed by atoms with E-state index < -0.39 is 0 Å². The number of rotatable bonds is 7. The summed E-state index contributed by atoms with van der Waals surface area (Å²) in [5.41, 5.74) is 9.55. The zero-order chi connectivity index (χ0) is 25.4. The molecule has 3 saturated heterocycles. The minimum Gasteiger partial charge on any atom is -0.439 e. The minimum absolute atomic E-state index is 0.0927. The fraction of sp³-hybridized carbons (Fsp3) is 0.464. The number of carbonyl (C=O) groups is 1. The topological polar surface area (TPSA) is 91.9 Å². The summed E-state index contributed by atoms with van der Waals surface area (Å²) in [7, 11) is 1.59. The number of aromatic nitrogens is 2. The van der Waals surface area contributed by atoms with Crippen molar-refractivity contribution in [2.75, 3.05) is 26.7 Å². The Bertz CT molecular complexity index is 1250. The molecule has 1 aromatic carbocycles. The maximum absolute atomic E-state index is 12.6. The number of benzene rings is 1. The third-order valence-electron chi connectivity index (χ3n) is 7.93. The van der Waals surface area contributed by atoms with Gasteiger partial charge in [0.25, 0.3) is 5.91 Å². The van der Waals surface area contributed by atoms with Crippen LogP contribution in [0.1, 0.15) is 43.5 Å². The first kappa shape index (κ1) is 24.2. The number of nitrogens with one attached hydrogen (secondary N) is 2. The average molecular weight is 503 g/mol. The monoisotopic (exact) mass is 502 g/mol. The zero-order valence-corrected chi connectivity index (χ0v) is 21.4. The van der Waals surface area contributed by atoms with Crippen molar-refractivity contribution in [2.24, 2.45) is 0 Å². The highest BCUT2D eigenvalue weighted by molar-refractivity contribution is 5.81. The molecule has 3 aliphatic rings. The highest BCUT2D eigenvalue weighted by Gasteiger charge is 2.42. The van der Waals surface area contributed by atoms with E-state index in [1.807, 2.05) is 42.3 Å². The second-order valence-corrected chi connectivity index (χ2v) is 10.3. The van der Waals surface area contributed by atoms with Crippen LogP contribution < -0.4 is 15.6 Å². The van der Waals surface area contributed by atoms with Crippen LogP contribution in [0.25, 0.3) is 10.9 Å². The maximum atomic E-state index is 12.6. The Balaban J connectivity index is 1.10. The van der Waals surface area contributed by atoms with Crippen molar-refractivity contribution < 1.29 is 14.3 Å². The summed E-state index contributed by atoms with van der Waals surface area (Å²) < 4.78 is 11.3. The molecular formula is C28H34N6O3. The highest BCUT2D eigenvalue weighted by Crippen LogP contribution is 2.32. The summed E-state index contributed by atoms with van der Waals surface area (Å²) in [6, 6.07) is 15.2. The van der Waals surface area contributed by atoms with E-state index in [-0.39, 0.29) is 12.0 Å². The van der Waals surface area contributed by atoms with E-state index in [1.165, 1.54) is 0 Å². The van der Waals surface area contributed by atoms with Gasteiger partial charge in [-0.25, -0.2) is 4.98 Å². The lowest BCUT2D eigenvalue weighted by atomic mass is 10.1. The van der Waals surface area contributed by atoms with E-state index >= 15 is 0 Å². The normalized spacial score (nSPS) is 24.5. The number of fused-ring (bicyclic) bond motifs is 3. The number of hydrogen-bond donors (Lipinski definition) is 2. The van der Waals surface area contributed by atoms with Crippen molar-refractivity contribution in [1.82, 2.24) is 30.6 Å². The van der Waals surface area contributed by atoms with Crippen molar-refractivity contribution >= 4 is 16.8 Å². The number of nitrogens with zero attached hydrogens (tertiary/aromatic N) is 4. The van der Waals surface area contributed by atoms with Crippen LogP contribution >= 0.6 is 0 Å². The van der Waals surface area contributed by atoms with E-state index in [4.69, 9.17) is 14.5 Å². The quantitative estimate of drug-likeness (QED) is 0.509. The van der Waals surface area contributed by atoms with Crippen molar-refractivity contribution in [3.8, 4) is 11.6 Å². The first-order valence-electron chi connectivity index (χ1n) is 13.2. The molecule has 194 valence electrons. The molecule has 3 aliphatic heterocycles. The van der Waals surface area contributed by atoms with Crippen LogP contribution in [0.5, 0.6) is 11.6 Å². The van der Waals surface area contributed by atoms with Gasteiger partial charge in [0.15, 0.2) is 0 Å². The van der Waals surface area contributed by atoms with Crippen molar-refractivity contribution in [2.45, 2.75) is 57.0 Å². The van der Waals surface area contributed by atoms with Gasteiger partial charge in [0, 0.05) is 69.1 Å². The number of amides is 1. The second kappa shape index (κ2) is 10.3. The average Bonchev–Trinajstić information content (AvgIpc) is 3.54. The molecule has 0 radical (unpaired) electrons. The van der Waals surface area contributed by atoms with Crippen molar-refractivity contribution in [3.05, 3.63) is 59.9 Å². The lowest BCUT2D eigenvalue weighted by Crippen LogP contribution is -2.56. The predicted molar refractivity (Wildman–Crippen MR) is 140 cm³/mol. The summed E-state index contributed by atoms with van der Waals surface area (Å²) in [6.45, 7) is 5.11. The molecule has 37 heavy (non-hydrogen) atoms. The summed E-state index contributed by atoms with van der Waals surface area (Å²) in [4.78, 5) is 26.6. The molecule has 3 unspecified atom stereocenters. The predicted octanol–water partition coefficient (Wildman–Crippen LogP) is 3.17. The van der Waals surface area contributed by atoms with Crippen LogP contribution in [-0.2, 0) is 16.1 Å². The van der Waals surface area contributed by atoms with E-state index in [9.17, 15) is 4.79 Å². The van der Waals surface area contributed by atoms with Gasteiger partial charge in [-0.15, -0.1) is 0 Å². The number of carbonyl (C=O) groups excluding carboxylic acids is 1. The van der Waals surface area contributed by atoms with Gasteiger partial charge in [-0.05, 0) is 56.0 Å².